The molecule has 0 radical (unpaired) electrons. The van der Waals surface area contributed by atoms with Gasteiger partial charge in [0.2, 0.25) is 0 Å². The summed E-state index contributed by atoms with van der Waals surface area (Å²) in [7, 11) is 1.60. The van der Waals surface area contributed by atoms with Crippen molar-refractivity contribution in [1.29, 1.82) is 0 Å². The molecule has 0 aromatic carbocycles. The number of hydrogen-bond acceptors (Lipinski definition) is 2. The monoisotopic (exact) mass is 114 g/mol. The van der Waals surface area contributed by atoms with Gasteiger partial charge >= 0.3 is 0 Å². The molecule has 0 aliphatic rings. The highest BCUT2D eigenvalue weighted by molar-refractivity contribution is 5.64. The number of ether oxygens (including phenoxy) is 1. The second-order valence-corrected chi connectivity index (χ2v) is 1.46. The molecule has 2 nitrogen and oxygen atoms in total. The van der Waals surface area contributed by atoms with Gasteiger partial charge in [0.15, 0.2) is 0 Å². The number of aldehydes is 1. The maximum Gasteiger partial charge on any atom is 0.142 e. The van der Waals surface area contributed by atoms with Crippen LogP contribution in [0.15, 0.2) is 12.2 Å². The number of methoxy groups -OCH3 is 1. The number of allylic oxidation sites excluding steroid dienone is 1. The second kappa shape index (κ2) is 4.53. The standard InChI is InChI=1S/C6H10O2/c1-6(8-2)4-3-5-7/h3-6H,1-2H3/b4-3-. The Bertz CT molecular complexity index is 86.5. The van der Waals surface area contributed by atoms with Crippen molar-refractivity contribution < 1.29 is 9.53 Å². The van der Waals surface area contributed by atoms with E-state index in [4.69, 9.17) is 4.74 Å². The zero-order valence-electron chi connectivity index (χ0n) is 5.13. The fraction of sp³-hybridized carbons (Fsp3) is 0.500. The Morgan fingerprint density at radius 1 is 1.62 bits per heavy atom. The molecule has 0 N–H and O–H groups in total. The Labute approximate surface area is 49.1 Å². The SMILES string of the molecule is COC(C)/C=C\C=O. The van der Waals surface area contributed by atoms with E-state index in [1.807, 2.05) is 6.92 Å². The van der Waals surface area contributed by atoms with Gasteiger partial charge in [-0.1, -0.05) is 6.08 Å². The van der Waals surface area contributed by atoms with Crippen molar-refractivity contribution in [1.82, 2.24) is 0 Å². The zero-order valence-corrected chi connectivity index (χ0v) is 5.13. The van der Waals surface area contributed by atoms with Crippen LogP contribution in [-0.4, -0.2) is 19.5 Å². The van der Waals surface area contributed by atoms with Crippen LogP contribution in [0.1, 0.15) is 6.92 Å². The summed E-state index contributed by atoms with van der Waals surface area (Å²) in [4.78, 5) is 9.68. The van der Waals surface area contributed by atoms with Crippen molar-refractivity contribution in [2.24, 2.45) is 0 Å². The molecule has 46 valence electrons. The normalized spacial score (nSPS) is 14.2. The summed E-state index contributed by atoms with van der Waals surface area (Å²) in [6.45, 7) is 1.86. The van der Waals surface area contributed by atoms with Gasteiger partial charge in [-0.25, -0.2) is 0 Å². The first-order valence-electron chi connectivity index (χ1n) is 2.46. The predicted molar refractivity (Wildman–Crippen MR) is 31.7 cm³/mol. The van der Waals surface area contributed by atoms with E-state index in [1.165, 1.54) is 6.08 Å². The van der Waals surface area contributed by atoms with Crippen LogP contribution in [0, 0.1) is 0 Å². The molecule has 0 rings (SSSR count). The van der Waals surface area contributed by atoms with Crippen LogP contribution in [0.4, 0.5) is 0 Å². The van der Waals surface area contributed by atoms with Crippen LogP contribution in [0.2, 0.25) is 0 Å². The molecule has 0 aliphatic carbocycles. The summed E-state index contributed by atoms with van der Waals surface area (Å²) in [5.41, 5.74) is 0. The zero-order chi connectivity index (χ0) is 6.41. The predicted octanol–water partition coefficient (Wildman–Crippen LogP) is 0.776. The van der Waals surface area contributed by atoms with Crippen molar-refractivity contribution >= 4 is 6.29 Å². The Hall–Kier alpha value is -0.630. The molecule has 0 fully saturated rings. The molecule has 0 spiro atoms. The Morgan fingerprint density at radius 3 is 2.62 bits per heavy atom. The third-order valence-electron chi connectivity index (χ3n) is 0.832. The van der Waals surface area contributed by atoms with Crippen molar-refractivity contribution in [3.05, 3.63) is 12.2 Å². The molecule has 0 aliphatic heterocycles. The van der Waals surface area contributed by atoms with Gasteiger partial charge in [-0.3, -0.25) is 4.79 Å². The summed E-state index contributed by atoms with van der Waals surface area (Å²) in [5.74, 6) is 0. The highest BCUT2D eigenvalue weighted by atomic mass is 16.5. The maximum absolute atomic E-state index is 9.68. The van der Waals surface area contributed by atoms with Gasteiger partial charge in [0.25, 0.3) is 0 Å². The molecule has 0 aromatic heterocycles. The average molecular weight is 114 g/mol. The van der Waals surface area contributed by atoms with Crippen LogP contribution >= 0.6 is 0 Å². The van der Waals surface area contributed by atoms with Crippen LogP contribution in [0.3, 0.4) is 0 Å². The molecule has 2 heteroatoms. The Balaban J connectivity index is 3.35. The van der Waals surface area contributed by atoms with Crippen molar-refractivity contribution in [3.63, 3.8) is 0 Å². The summed E-state index contributed by atoms with van der Waals surface area (Å²) in [5, 5.41) is 0. The van der Waals surface area contributed by atoms with E-state index in [2.05, 4.69) is 0 Å². The van der Waals surface area contributed by atoms with E-state index in [0.29, 0.717) is 0 Å². The topological polar surface area (TPSA) is 26.3 Å². The average Bonchev–Trinajstić information content (AvgIpc) is 1.83. The number of hydrogen-bond donors (Lipinski definition) is 0. The summed E-state index contributed by atoms with van der Waals surface area (Å²) in [6.07, 6.45) is 3.89. The van der Waals surface area contributed by atoms with Crippen LogP contribution in [0.5, 0.6) is 0 Å². The van der Waals surface area contributed by atoms with Gasteiger partial charge in [-0.2, -0.15) is 0 Å². The fourth-order valence-electron chi connectivity index (χ4n) is 0.280. The van der Waals surface area contributed by atoms with Gasteiger partial charge in [-0.15, -0.1) is 0 Å². The third kappa shape index (κ3) is 3.56. The highest BCUT2D eigenvalue weighted by Gasteiger charge is 1.86. The second-order valence-electron chi connectivity index (χ2n) is 1.46. The lowest BCUT2D eigenvalue weighted by atomic mass is 10.4. The lowest BCUT2D eigenvalue weighted by molar-refractivity contribution is -0.104. The fourth-order valence-corrected chi connectivity index (χ4v) is 0.280. The van der Waals surface area contributed by atoms with Gasteiger partial charge < -0.3 is 4.74 Å². The smallest absolute Gasteiger partial charge is 0.142 e. The minimum atomic E-state index is 0.0419. The molecule has 0 aromatic rings. The molecule has 0 bridgehead atoms. The number of carbonyl (C=O) groups is 1. The van der Waals surface area contributed by atoms with Gasteiger partial charge in [0.05, 0.1) is 6.10 Å². The highest BCUT2D eigenvalue weighted by Crippen LogP contribution is 1.86. The molecule has 0 saturated carbocycles. The Morgan fingerprint density at radius 2 is 2.25 bits per heavy atom. The molecule has 0 amide bonds. The largest absolute Gasteiger partial charge is 0.378 e. The van der Waals surface area contributed by atoms with E-state index in [9.17, 15) is 4.79 Å². The maximum atomic E-state index is 9.68. The van der Waals surface area contributed by atoms with Gasteiger partial charge in [0, 0.05) is 7.11 Å². The lowest BCUT2D eigenvalue weighted by Crippen LogP contribution is -1.98. The molecular formula is C6H10O2. The minimum Gasteiger partial charge on any atom is -0.378 e. The van der Waals surface area contributed by atoms with E-state index >= 15 is 0 Å². The molecule has 1 atom stereocenters. The first-order valence-corrected chi connectivity index (χ1v) is 2.46. The summed E-state index contributed by atoms with van der Waals surface area (Å²) in [6, 6.07) is 0. The molecule has 0 heterocycles. The molecular weight excluding hydrogens is 104 g/mol. The Kier molecular flexibility index (Phi) is 4.17. The quantitative estimate of drug-likeness (QED) is 0.400. The van der Waals surface area contributed by atoms with Crippen LogP contribution < -0.4 is 0 Å². The first-order chi connectivity index (χ1) is 3.81. The van der Waals surface area contributed by atoms with Crippen molar-refractivity contribution in [2.45, 2.75) is 13.0 Å². The minimum absolute atomic E-state index is 0.0419. The van der Waals surface area contributed by atoms with E-state index in [0.717, 1.165) is 6.29 Å². The van der Waals surface area contributed by atoms with Gasteiger partial charge in [-0.05, 0) is 13.0 Å². The van der Waals surface area contributed by atoms with Crippen molar-refractivity contribution in [2.75, 3.05) is 7.11 Å². The number of carbonyl (C=O) groups excluding carboxylic acids is 1. The molecule has 8 heavy (non-hydrogen) atoms. The summed E-state index contributed by atoms with van der Waals surface area (Å²) < 4.78 is 4.81. The van der Waals surface area contributed by atoms with E-state index < -0.39 is 0 Å². The van der Waals surface area contributed by atoms with Crippen LogP contribution in [0.25, 0.3) is 0 Å². The molecule has 0 saturated heterocycles. The lowest BCUT2D eigenvalue weighted by Gasteiger charge is -1.98. The van der Waals surface area contributed by atoms with E-state index in [1.54, 1.807) is 13.2 Å². The van der Waals surface area contributed by atoms with E-state index in [-0.39, 0.29) is 6.10 Å². The third-order valence-corrected chi connectivity index (χ3v) is 0.832. The summed E-state index contributed by atoms with van der Waals surface area (Å²) >= 11 is 0. The van der Waals surface area contributed by atoms with Gasteiger partial charge in [0.1, 0.15) is 6.29 Å². The van der Waals surface area contributed by atoms with Crippen molar-refractivity contribution in [3.8, 4) is 0 Å². The van der Waals surface area contributed by atoms with Crippen LogP contribution in [-0.2, 0) is 9.53 Å². The number of rotatable bonds is 3. The molecule has 1 unspecified atom stereocenters. The first kappa shape index (κ1) is 7.37.